The predicted molar refractivity (Wildman–Crippen MR) is 72.1 cm³/mol. The Labute approximate surface area is 116 Å². The average molecular weight is 277 g/mol. The number of benzene rings is 1. The van der Waals surface area contributed by atoms with Crippen molar-refractivity contribution in [2.45, 2.75) is 19.6 Å². The summed E-state index contributed by atoms with van der Waals surface area (Å²) in [5.41, 5.74) is 1.88. The van der Waals surface area contributed by atoms with Crippen LogP contribution in [0.5, 0.6) is 0 Å². The van der Waals surface area contributed by atoms with Gasteiger partial charge in [-0.05, 0) is 17.7 Å². The minimum absolute atomic E-state index is 0.232. The third kappa shape index (κ3) is 3.42. The molecule has 6 heteroatoms. The second kappa shape index (κ2) is 6.81. The number of carboxylic acid groups (broad SMARTS) is 1. The highest BCUT2D eigenvalue weighted by Gasteiger charge is 2.08. The average Bonchev–Trinajstić information content (AvgIpc) is 2.87. The van der Waals surface area contributed by atoms with Gasteiger partial charge in [0.25, 0.3) is 0 Å². The number of halogens is 1. The predicted octanol–water partition coefficient (Wildman–Crippen LogP) is 1.84. The van der Waals surface area contributed by atoms with E-state index in [-0.39, 0.29) is 12.1 Å². The number of hydrogen-bond acceptors (Lipinski definition) is 3. The zero-order chi connectivity index (χ0) is 14.4. The molecule has 0 saturated carbocycles. The van der Waals surface area contributed by atoms with Crippen molar-refractivity contribution in [3.05, 3.63) is 53.3 Å². The molecule has 0 radical (unpaired) electrons. The van der Waals surface area contributed by atoms with Crippen molar-refractivity contribution in [3.8, 4) is 0 Å². The van der Waals surface area contributed by atoms with Crippen LogP contribution < -0.4 is 5.32 Å². The topological polar surface area (TPSA) is 67.2 Å². The van der Waals surface area contributed by atoms with Crippen LogP contribution in [0.15, 0.2) is 36.5 Å². The molecule has 0 aliphatic rings. The molecule has 5 nitrogen and oxygen atoms in total. The molecule has 106 valence electrons. The molecule has 0 unspecified atom stereocenters. The maximum absolute atomic E-state index is 12.3. The van der Waals surface area contributed by atoms with E-state index in [9.17, 15) is 9.18 Å². The van der Waals surface area contributed by atoms with Crippen molar-refractivity contribution in [2.75, 3.05) is 6.67 Å². The van der Waals surface area contributed by atoms with E-state index >= 15 is 0 Å². The summed E-state index contributed by atoms with van der Waals surface area (Å²) in [4.78, 5) is 11.1. The Hall–Kier alpha value is -2.21. The zero-order valence-corrected chi connectivity index (χ0v) is 10.9. The third-order valence-electron chi connectivity index (χ3n) is 2.97. The molecule has 20 heavy (non-hydrogen) atoms. The molecule has 2 N–H and O–H groups in total. The number of aromatic carboxylic acids is 1. The van der Waals surface area contributed by atoms with E-state index in [2.05, 4.69) is 10.4 Å². The zero-order valence-electron chi connectivity index (χ0n) is 10.9. The largest absolute Gasteiger partial charge is 0.478 e. The summed E-state index contributed by atoms with van der Waals surface area (Å²) in [6.45, 7) is 0.712. The standard InChI is InChI=1S/C14H16FN3O2/c15-6-8-18-12(5-7-17-18)10-16-9-11-3-1-2-4-13(11)14(19)20/h1-5,7,16H,6,8-10H2,(H,19,20). The molecule has 1 aromatic carbocycles. The molecule has 0 atom stereocenters. The van der Waals surface area contributed by atoms with Gasteiger partial charge in [0.15, 0.2) is 0 Å². The highest BCUT2D eigenvalue weighted by atomic mass is 19.1. The van der Waals surface area contributed by atoms with Crippen LogP contribution in [-0.4, -0.2) is 27.5 Å². The molecule has 0 aliphatic heterocycles. The molecule has 2 rings (SSSR count). The van der Waals surface area contributed by atoms with E-state index in [0.717, 1.165) is 11.3 Å². The minimum atomic E-state index is -0.940. The first kappa shape index (κ1) is 14.2. The summed E-state index contributed by atoms with van der Waals surface area (Å²) in [5.74, 6) is -0.940. The van der Waals surface area contributed by atoms with Gasteiger partial charge in [-0.3, -0.25) is 4.68 Å². The number of nitrogens with zero attached hydrogens (tertiary/aromatic N) is 2. The van der Waals surface area contributed by atoms with Crippen molar-refractivity contribution in [3.63, 3.8) is 0 Å². The maximum atomic E-state index is 12.3. The molecular weight excluding hydrogens is 261 g/mol. The molecule has 0 aliphatic carbocycles. The Bertz CT molecular complexity index is 583. The summed E-state index contributed by atoms with van der Waals surface area (Å²) >= 11 is 0. The Morgan fingerprint density at radius 1 is 1.30 bits per heavy atom. The monoisotopic (exact) mass is 277 g/mol. The molecule has 1 heterocycles. The van der Waals surface area contributed by atoms with Crippen molar-refractivity contribution in [2.24, 2.45) is 0 Å². The second-order valence-electron chi connectivity index (χ2n) is 4.30. The third-order valence-corrected chi connectivity index (χ3v) is 2.97. The summed E-state index contributed by atoms with van der Waals surface area (Å²) in [7, 11) is 0. The Balaban J connectivity index is 1.96. The summed E-state index contributed by atoms with van der Waals surface area (Å²) in [5, 5.41) is 16.3. The van der Waals surface area contributed by atoms with Crippen LogP contribution in [-0.2, 0) is 19.6 Å². The number of carboxylic acids is 1. The van der Waals surface area contributed by atoms with Crippen LogP contribution in [0.3, 0.4) is 0 Å². The van der Waals surface area contributed by atoms with Crippen LogP contribution in [0.2, 0.25) is 0 Å². The maximum Gasteiger partial charge on any atom is 0.336 e. The summed E-state index contributed by atoms with van der Waals surface area (Å²) < 4.78 is 13.9. The fraction of sp³-hybridized carbons (Fsp3) is 0.286. The van der Waals surface area contributed by atoms with Gasteiger partial charge in [-0.2, -0.15) is 5.10 Å². The quantitative estimate of drug-likeness (QED) is 0.810. The van der Waals surface area contributed by atoms with Gasteiger partial charge < -0.3 is 10.4 Å². The first-order valence-electron chi connectivity index (χ1n) is 6.31. The molecule has 0 amide bonds. The number of hydrogen-bond donors (Lipinski definition) is 2. The Kier molecular flexibility index (Phi) is 4.84. The normalized spacial score (nSPS) is 10.7. The van der Waals surface area contributed by atoms with Crippen LogP contribution in [0.1, 0.15) is 21.6 Å². The van der Waals surface area contributed by atoms with E-state index in [1.54, 1.807) is 35.1 Å². The highest BCUT2D eigenvalue weighted by molar-refractivity contribution is 5.89. The van der Waals surface area contributed by atoms with Crippen LogP contribution in [0.25, 0.3) is 0 Å². The van der Waals surface area contributed by atoms with Crippen molar-refractivity contribution in [1.29, 1.82) is 0 Å². The van der Waals surface area contributed by atoms with E-state index < -0.39 is 12.6 Å². The van der Waals surface area contributed by atoms with Crippen LogP contribution in [0.4, 0.5) is 4.39 Å². The number of aryl methyl sites for hydroxylation is 1. The smallest absolute Gasteiger partial charge is 0.336 e. The highest BCUT2D eigenvalue weighted by Crippen LogP contribution is 2.09. The van der Waals surface area contributed by atoms with Crippen molar-refractivity contribution < 1.29 is 14.3 Å². The summed E-state index contributed by atoms with van der Waals surface area (Å²) in [6, 6.07) is 8.66. The number of carbonyl (C=O) groups is 1. The SMILES string of the molecule is O=C(O)c1ccccc1CNCc1ccnn1CCF. The first-order chi connectivity index (χ1) is 9.72. The van der Waals surface area contributed by atoms with Gasteiger partial charge in [-0.1, -0.05) is 18.2 Å². The fourth-order valence-corrected chi connectivity index (χ4v) is 2.00. The van der Waals surface area contributed by atoms with Gasteiger partial charge in [0.1, 0.15) is 6.67 Å². The first-order valence-corrected chi connectivity index (χ1v) is 6.31. The molecule has 0 spiro atoms. The van der Waals surface area contributed by atoms with Gasteiger partial charge >= 0.3 is 5.97 Å². The van der Waals surface area contributed by atoms with E-state index in [4.69, 9.17) is 5.11 Å². The van der Waals surface area contributed by atoms with E-state index in [0.29, 0.717) is 13.1 Å². The van der Waals surface area contributed by atoms with Crippen LogP contribution in [0, 0.1) is 0 Å². The lowest BCUT2D eigenvalue weighted by atomic mass is 10.1. The van der Waals surface area contributed by atoms with E-state index in [1.165, 1.54) is 0 Å². The second-order valence-corrected chi connectivity index (χ2v) is 4.30. The van der Waals surface area contributed by atoms with Gasteiger partial charge in [0.05, 0.1) is 17.8 Å². The molecule has 0 saturated heterocycles. The lowest BCUT2D eigenvalue weighted by molar-refractivity contribution is 0.0695. The molecule has 2 aromatic rings. The number of rotatable bonds is 7. The Morgan fingerprint density at radius 3 is 2.85 bits per heavy atom. The van der Waals surface area contributed by atoms with Gasteiger partial charge in [-0.25, -0.2) is 9.18 Å². The molecular formula is C14H16FN3O2. The van der Waals surface area contributed by atoms with Gasteiger partial charge in [0.2, 0.25) is 0 Å². The number of nitrogens with one attached hydrogen (secondary N) is 1. The molecule has 0 fully saturated rings. The molecule has 1 aromatic heterocycles. The Morgan fingerprint density at radius 2 is 2.10 bits per heavy atom. The van der Waals surface area contributed by atoms with Crippen molar-refractivity contribution >= 4 is 5.97 Å². The number of aromatic nitrogens is 2. The van der Waals surface area contributed by atoms with Crippen molar-refractivity contribution in [1.82, 2.24) is 15.1 Å². The van der Waals surface area contributed by atoms with Crippen LogP contribution >= 0.6 is 0 Å². The fourth-order valence-electron chi connectivity index (χ4n) is 2.00. The lowest BCUT2D eigenvalue weighted by Gasteiger charge is -2.09. The van der Waals surface area contributed by atoms with Gasteiger partial charge in [0, 0.05) is 19.3 Å². The molecule has 0 bridgehead atoms. The van der Waals surface area contributed by atoms with Gasteiger partial charge in [-0.15, -0.1) is 0 Å². The minimum Gasteiger partial charge on any atom is -0.478 e. The number of alkyl halides is 1. The lowest BCUT2D eigenvalue weighted by Crippen LogP contribution is -2.18. The summed E-state index contributed by atoms with van der Waals surface area (Å²) in [6.07, 6.45) is 1.62. The van der Waals surface area contributed by atoms with E-state index in [1.807, 2.05) is 6.07 Å².